The molecule has 0 spiro atoms. The van der Waals surface area contributed by atoms with Gasteiger partial charge in [0.1, 0.15) is 0 Å². The molecular weight excluding hydrogens is 712 g/mol. The number of nitrogens with one attached hydrogen (secondary N) is 1. The zero-order valence-corrected chi connectivity index (χ0v) is 30.6. The number of hydrogen-bond acceptors (Lipinski definition) is 2. The summed E-state index contributed by atoms with van der Waals surface area (Å²) in [5.74, 6) is 0. The highest BCUT2D eigenvalue weighted by Crippen LogP contribution is 2.35. The van der Waals surface area contributed by atoms with Crippen LogP contribution in [0.3, 0.4) is 0 Å². The van der Waals surface area contributed by atoms with E-state index in [1.807, 2.05) is 54.6 Å². The van der Waals surface area contributed by atoms with E-state index in [9.17, 15) is 0 Å². The Balaban J connectivity index is 0.000000131. The van der Waals surface area contributed by atoms with Crippen molar-refractivity contribution in [3.05, 3.63) is 211 Å². The Kier molecular flexibility index (Phi) is 9.73. The molecule has 2 aromatic heterocycles. The highest BCUT2D eigenvalue weighted by molar-refractivity contribution is 9.10. The lowest BCUT2D eigenvalue weighted by Crippen LogP contribution is -1.93. The van der Waals surface area contributed by atoms with E-state index >= 15 is 0 Å². The number of anilines is 3. The number of halogens is 1. The summed E-state index contributed by atoms with van der Waals surface area (Å²) in [6, 6.07) is 71.0. The van der Waals surface area contributed by atoms with E-state index in [1.54, 1.807) is 0 Å². The lowest BCUT2D eigenvalue weighted by Gasteiger charge is -2.09. The Morgan fingerprint density at radius 2 is 0.774 bits per heavy atom. The summed E-state index contributed by atoms with van der Waals surface area (Å²) in [6.45, 7) is 0. The van der Waals surface area contributed by atoms with Gasteiger partial charge in [0.2, 0.25) is 0 Å². The number of hydrogen-bond donors (Lipinski definition) is 2. The van der Waals surface area contributed by atoms with Crippen LogP contribution in [0.25, 0.3) is 55.0 Å². The van der Waals surface area contributed by atoms with Gasteiger partial charge in [-0.2, -0.15) is 0 Å². The van der Waals surface area contributed by atoms with Crippen molar-refractivity contribution in [2.24, 2.45) is 0 Å². The third-order valence-corrected chi connectivity index (χ3v) is 9.69. The van der Waals surface area contributed by atoms with Gasteiger partial charge in [-0.15, -0.1) is 0 Å². The number of para-hydroxylation sites is 6. The quantitative estimate of drug-likeness (QED) is 0.176. The second kappa shape index (κ2) is 15.4. The van der Waals surface area contributed by atoms with Crippen LogP contribution in [-0.4, -0.2) is 9.13 Å². The van der Waals surface area contributed by atoms with Crippen molar-refractivity contribution in [1.82, 2.24) is 9.13 Å². The number of nitrogens with two attached hydrogens (primary N) is 1. The predicted octanol–water partition coefficient (Wildman–Crippen LogP) is 13.3. The van der Waals surface area contributed by atoms with Crippen molar-refractivity contribution in [2.75, 3.05) is 11.1 Å². The summed E-state index contributed by atoms with van der Waals surface area (Å²) in [5, 5.41) is 8.58. The first-order chi connectivity index (χ1) is 26.1. The van der Waals surface area contributed by atoms with Crippen LogP contribution in [0.1, 0.15) is 0 Å². The van der Waals surface area contributed by atoms with Crippen molar-refractivity contribution in [3.63, 3.8) is 0 Å². The van der Waals surface area contributed by atoms with Crippen molar-refractivity contribution >= 4 is 76.6 Å². The van der Waals surface area contributed by atoms with Crippen molar-refractivity contribution in [3.8, 4) is 11.4 Å². The van der Waals surface area contributed by atoms with E-state index in [0.717, 1.165) is 21.5 Å². The average molecular weight is 750 g/mol. The van der Waals surface area contributed by atoms with E-state index in [1.165, 1.54) is 55.0 Å². The Morgan fingerprint density at radius 3 is 1.28 bits per heavy atom. The molecular formula is C48H37BrN4. The molecule has 0 amide bonds. The van der Waals surface area contributed by atoms with Crippen LogP contribution in [-0.2, 0) is 0 Å². The molecule has 256 valence electrons. The second-order valence-electron chi connectivity index (χ2n) is 12.7. The molecule has 4 nitrogen and oxygen atoms in total. The van der Waals surface area contributed by atoms with E-state index in [-0.39, 0.29) is 0 Å². The molecule has 10 aromatic rings. The Hall–Kier alpha value is -6.56. The highest BCUT2D eigenvalue weighted by atomic mass is 79.9. The SMILES string of the molecule is Brc1ccc2c(c1)c1ccccc1n2-c1ccccc1.Nc1ccccc1.c1ccc(Nc2ccc3c(c2)c2ccccc2n3-c2ccccc2)cc1. The van der Waals surface area contributed by atoms with Crippen LogP contribution in [0.4, 0.5) is 17.1 Å². The lowest BCUT2D eigenvalue weighted by molar-refractivity contribution is 1.18. The van der Waals surface area contributed by atoms with Crippen LogP contribution in [0.15, 0.2) is 211 Å². The number of rotatable bonds is 4. The minimum Gasteiger partial charge on any atom is -0.399 e. The number of nitrogen functional groups attached to an aromatic ring is 1. The maximum Gasteiger partial charge on any atom is 0.0542 e. The number of aromatic nitrogens is 2. The molecule has 5 heteroatoms. The largest absolute Gasteiger partial charge is 0.399 e. The normalized spacial score (nSPS) is 10.8. The molecule has 0 aliphatic heterocycles. The molecule has 0 fully saturated rings. The summed E-state index contributed by atoms with van der Waals surface area (Å²) in [4.78, 5) is 0. The average Bonchev–Trinajstić information content (AvgIpc) is 3.72. The van der Waals surface area contributed by atoms with Gasteiger partial charge < -0.3 is 20.2 Å². The molecule has 0 unspecified atom stereocenters. The standard InChI is InChI=1S/C24H18N2.C18H12BrN.C6H7N/c1-3-9-18(10-4-1)25-19-15-16-24-22(17-19)21-13-7-8-14-23(21)26(24)20-11-5-2-6-12-20;19-13-10-11-18-16(12-13)15-8-4-5-9-17(15)20(18)14-6-2-1-3-7-14;7-6-4-2-1-3-5-6/h1-17,25H;1-12H;1-5H,7H2. The van der Waals surface area contributed by atoms with Crippen LogP contribution >= 0.6 is 15.9 Å². The zero-order valence-electron chi connectivity index (χ0n) is 29.0. The molecule has 3 N–H and O–H groups in total. The van der Waals surface area contributed by atoms with Gasteiger partial charge in [-0.1, -0.05) is 125 Å². The molecule has 0 aliphatic carbocycles. The van der Waals surface area contributed by atoms with Crippen molar-refractivity contribution in [1.29, 1.82) is 0 Å². The highest BCUT2D eigenvalue weighted by Gasteiger charge is 2.13. The number of fused-ring (bicyclic) bond motifs is 6. The van der Waals surface area contributed by atoms with Crippen LogP contribution in [0, 0.1) is 0 Å². The molecule has 10 rings (SSSR count). The molecule has 0 saturated carbocycles. The maximum atomic E-state index is 5.36. The molecule has 0 atom stereocenters. The zero-order chi connectivity index (χ0) is 36.0. The summed E-state index contributed by atoms with van der Waals surface area (Å²) >= 11 is 3.57. The third-order valence-electron chi connectivity index (χ3n) is 9.20. The van der Waals surface area contributed by atoms with Gasteiger partial charge in [0.05, 0.1) is 22.1 Å². The third kappa shape index (κ3) is 7.16. The van der Waals surface area contributed by atoms with Gasteiger partial charge in [-0.25, -0.2) is 0 Å². The summed E-state index contributed by atoms with van der Waals surface area (Å²) in [5.41, 5.74) is 15.7. The first kappa shape index (κ1) is 33.6. The van der Waals surface area contributed by atoms with Gasteiger partial charge in [0.15, 0.2) is 0 Å². The van der Waals surface area contributed by atoms with Gasteiger partial charge in [0, 0.05) is 54.5 Å². The smallest absolute Gasteiger partial charge is 0.0542 e. The van der Waals surface area contributed by atoms with Gasteiger partial charge in [0.25, 0.3) is 0 Å². The lowest BCUT2D eigenvalue weighted by atomic mass is 10.1. The number of nitrogens with zero attached hydrogens (tertiary/aromatic N) is 2. The van der Waals surface area contributed by atoms with Crippen molar-refractivity contribution < 1.29 is 0 Å². The van der Waals surface area contributed by atoms with Gasteiger partial charge in [-0.3, -0.25) is 0 Å². The fourth-order valence-corrected chi connectivity index (χ4v) is 7.21. The van der Waals surface area contributed by atoms with Gasteiger partial charge >= 0.3 is 0 Å². The van der Waals surface area contributed by atoms with E-state index < -0.39 is 0 Å². The second-order valence-corrected chi connectivity index (χ2v) is 13.6. The summed E-state index contributed by atoms with van der Waals surface area (Å²) in [7, 11) is 0. The topological polar surface area (TPSA) is 47.9 Å². The number of benzene rings is 8. The van der Waals surface area contributed by atoms with E-state index in [0.29, 0.717) is 0 Å². The first-order valence-electron chi connectivity index (χ1n) is 17.6. The Bertz CT molecular complexity index is 2760. The van der Waals surface area contributed by atoms with Crippen LogP contribution in [0.2, 0.25) is 0 Å². The van der Waals surface area contributed by atoms with Crippen LogP contribution < -0.4 is 11.1 Å². The maximum absolute atomic E-state index is 5.36. The molecule has 0 saturated heterocycles. The van der Waals surface area contributed by atoms with E-state index in [4.69, 9.17) is 5.73 Å². The fourth-order valence-electron chi connectivity index (χ4n) is 6.85. The monoisotopic (exact) mass is 748 g/mol. The van der Waals surface area contributed by atoms with Gasteiger partial charge in [-0.05, 0) is 97.1 Å². The first-order valence-corrected chi connectivity index (χ1v) is 18.4. The Labute approximate surface area is 317 Å². The minimum absolute atomic E-state index is 0.822. The molecule has 53 heavy (non-hydrogen) atoms. The minimum atomic E-state index is 0.822. The molecule has 2 heterocycles. The Morgan fingerprint density at radius 1 is 0.358 bits per heavy atom. The van der Waals surface area contributed by atoms with Crippen LogP contribution in [0.5, 0.6) is 0 Å². The van der Waals surface area contributed by atoms with E-state index in [2.05, 4.69) is 182 Å². The molecule has 8 aromatic carbocycles. The predicted molar refractivity (Wildman–Crippen MR) is 230 cm³/mol. The fraction of sp³-hybridized carbons (Fsp3) is 0. The molecule has 0 bridgehead atoms. The molecule has 0 radical (unpaired) electrons. The molecule has 0 aliphatic rings. The summed E-state index contributed by atoms with van der Waals surface area (Å²) < 4.78 is 5.76. The summed E-state index contributed by atoms with van der Waals surface area (Å²) in [6.07, 6.45) is 0. The van der Waals surface area contributed by atoms with Crippen molar-refractivity contribution in [2.45, 2.75) is 0 Å².